The van der Waals surface area contributed by atoms with Crippen molar-refractivity contribution in [3.63, 3.8) is 0 Å². The first-order valence-electron chi connectivity index (χ1n) is 12.1. The van der Waals surface area contributed by atoms with Crippen LogP contribution >= 0.6 is 0 Å². The zero-order valence-electron chi connectivity index (χ0n) is 20.2. The number of aromatic amines is 1. The lowest BCUT2D eigenvalue weighted by atomic mass is 9.90. The molecule has 1 aliphatic rings. The van der Waals surface area contributed by atoms with Gasteiger partial charge in [0.1, 0.15) is 12.7 Å². The maximum Gasteiger partial charge on any atom is 0.326 e. The maximum absolute atomic E-state index is 13.0. The van der Waals surface area contributed by atoms with Gasteiger partial charge < -0.3 is 10.3 Å². The van der Waals surface area contributed by atoms with E-state index in [2.05, 4.69) is 55.6 Å². The Morgan fingerprint density at radius 1 is 1.09 bits per heavy atom. The second kappa shape index (κ2) is 8.46. The van der Waals surface area contributed by atoms with Crippen molar-refractivity contribution >= 4 is 16.7 Å². The normalized spacial score (nSPS) is 18.6. The molecule has 5 aromatic rings. The predicted octanol–water partition coefficient (Wildman–Crippen LogP) is 3.06. The quantitative estimate of drug-likeness (QED) is 0.408. The van der Waals surface area contributed by atoms with Crippen LogP contribution in [0.2, 0.25) is 0 Å². The average molecular weight is 472 g/mol. The number of hydrogen-bond donors (Lipinski definition) is 2. The van der Waals surface area contributed by atoms with Crippen molar-refractivity contribution in [1.29, 1.82) is 0 Å². The minimum atomic E-state index is -0.0337. The van der Waals surface area contributed by atoms with Crippen molar-refractivity contribution in [2.75, 3.05) is 0 Å². The highest BCUT2D eigenvalue weighted by atomic mass is 16.1. The Balaban J connectivity index is 1.24. The monoisotopic (exact) mass is 471 g/mol. The Morgan fingerprint density at radius 3 is 2.69 bits per heavy atom. The molecule has 0 radical (unpaired) electrons. The van der Waals surface area contributed by atoms with Crippen LogP contribution < -0.4 is 11.0 Å². The van der Waals surface area contributed by atoms with E-state index in [0.29, 0.717) is 12.6 Å². The molecule has 0 amide bonds. The zero-order valence-corrected chi connectivity index (χ0v) is 20.2. The largest absolute Gasteiger partial charge is 0.326 e. The summed E-state index contributed by atoms with van der Waals surface area (Å²) in [6.45, 7) is 4.81. The molecule has 0 unspecified atom stereocenters. The molecule has 1 saturated carbocycles. The molecule has 0 saturated heterocycles. The Morgan fingerprint density at radius 2 is 1.91 bits per heavy atom. The van der Waals surface area contributed by atoms with Crippen molar-refractivity contribution in [2.24, 2.45) is 7.05 Å². The third-order valence-corrected chi connectivity index (χ3v) is 7.19. The summed E-state index contributed by atoms with van der Waals surface area (Å²) in [5.41, 5.74) is 7.00. The van der Waals surface area contributed by atoms with Crippen LogP contribution in [0.5, 0.6) is 0 Å². The molecule has 35 heavy (non-hydrogen) atoms. The number of aryl methyl sites for hydroxylation is 3. The van der Waals surface area contributed by atoms with E-state index in [0.717, 1.165) is 70.4 Å². The first kappa shape index (κ1) is 21.7. The summed E-state index contributed by atoms with van der Waals surface area (Å²) in [6.07, 6.45) is 9.24. The van der Waals surface area contributed by atoms with E-state index < -0.39 is 0 Å². The van der Waals surface area contributed by atoms with E-state index in [4.69, 9.17) is 0 Å². The van der Waals surface area contributed by atoms with Gasteiger partial charge in [0.15, 0.2) is 11.5 Å². The summed E-state index contributed by atoms with van der Waals surface area (Å²) in [4.78, 5) is 24.7. The second-order valence-corrected chi connectivity index (χ2v) is 9.65. The summed E-state index contributed by atoms with van der Waals surface area (Å²) in [5, 5.41) is 12.2. The fourth-order valence-corrected chi connectivity index (χ4v) is 5.43. The van der Waals surface area contributed by atoms with E-state index in [1.54, 1.807) is 21.9 Å². The number of nitrogens with zero attached hydrogens (tertiary/aromatic N) is 7. The summed E-state index contributed by atoms with van der Waals surface area (Å²) in [7, 11) is 1.88. The molecular weight excluding hydrogens is 442 g/mol. The summed E-state index contributed by atoms with van der Waals surface area (Å²) < 4.78 is 5.49. The third kappa shape index (κ3) is 3.93. The average Bonchev–Trinajstić information content (AvgIpc) is 3.56. The molecule has 1 aromatic carbocycles. The molecular formula is C25H29N9O. The smallest absolute Gasteiger partial charge is 0.307 e. The topological polar surface area (TPSA) is 111 Å². The van der Waals surface area contributed by atoms with Gasteiger partial charge in [-0.25, -0.2) is 19.3 Å². The minimum Gasteiger partial charge on any atom is -0.307 e. The number of hydrogen-bond acceptors (Lipinski definition) is 6. The molecule has 4 heterocycles. The van der Waals surface area contributed by atoms with E-state index in [9.17, 15) is 4.79 Å². The van der Waals surface area contributed by atoms with Crippen molar-refractivity contribution in [3.8, 4) is 11.1 Å². The minimum absolute atomic E-state index is 0.0337. The fraction of sp³-hybridized carbons (Fsp3) is 0.400. The van der Waals surface area contributed by atoms with Crippen LogP contribution in [-0.2, 0) is 13.6 Å². The molecule has 6 rings (SSSR count). The van der Waals surface area contributed by atoms with Gasteiger partial charge in [-0.1, -0.05) is 0 Å². The molecule has 4 aromatic heterocycles. The van der Waals surface area contributed by atoms with Crippen molar-refractivity contribution in [1.82, 2.24) is 44.2 Å². The van der Waals surface area contributed by atoms with Crippen molar-refractivity contribution in [2.45, 2.75) is 58.2 Å². The number of aromatic nitrogens is 8. The van der Waals surface area contributed by atoms with Gasteiger partial charge >= 0.3 is 5.69 Å². The van der Waals surface area contributed by atoms with Gasteiger partial charge in [-0.2, -0.15) is 10.2 Å². The molecule has 0 spiro atoms. The Hall–Kier alpha value is -3.79. The predicted molar refractivity (Wildman–Crippen MR) is 133 cm³/mol. The van der Waals surface area contributed by atoms with Gasteiger partial charge in [-0.3, -0.25) is 9.25 Å². The first-order valence-corrected chi connectivity index (χ1v) is 12.1. The number of H-pyrrole nitrogens is 1. The van der Waals surface area contributed by atoms with E-state index >= 15 is 0 Å². The van der Waals surface area contributed by atoms with Crippen LogP contribution in [0.25, 0.3) is 27.8 Å². The number of imidazole rings is 1. The van der Waals surface area contributed by atoms with Crippen LogP contribution in [0.15, 0.2) is 41.8 Å². The van der Waals surface area contributed by atoms with Gasteiger partial charge in [-0.15, -0.1) is 0 Å². The van der Waals surface area contributed by atoms with E-state index in [-0.39, 0.29) is 11.7 Å². The van der Waals surface area contributed by atoms with Crippen LogP contribution in [0.1, 0.15) is 48.7 Å². The Labute approximate surface area is 202 Å². The summed E-state index contributed by atoms with van der Waals surface area (Å²) in [5.74, 6) is 0.812. The van der Waals surface area contributed by atoms with Crippen LogP contribution in [0.4, 0.5) is 0 Å². The number of pyridine rings is 1. The molecule has 1 aliphatic carbocycles. The van der Waals surface area contributed by atoms with Crippen molar-refractivity contribution < 1.29 is 0 Å². The second-order valence-electron chi connectivity index (χ2n) is 9.65. The molecule has 10 nitrogen and oxygen atoms in total. The van der Waals surface area contributed by atoms with Crippen LogP contribution in [0, 0.1) is 13.8 Å². The van der Waals surface area contributed by atoms with Gasteiger partial charge in [0, 0.05) is 30.9 Å². The lowest BCUT2D eigenvalue weighted by Crippen LogP contribution is -2.35. The third-order valence-electron chi connectivity index (χ3n) is 7.19. The van der Waals surface area contributed by atoms with Gasteiger partial charge in [0.25, 0.3) is 0 Å². The van der Waals surface area contributed by atoms with E-state index in [1.807, 2.05) is 24.7 Å². The molecule has 0 bridgehead atoms. The first-order chi connectivity index (χ1) is 17.0. The molecule has 2 N–H and O–H groups in total. The number of rotatable bonds is 5. The maximum atomic E-state index is 13.0. The van der Waals surface area contributed by atoms with Gasteiger partial charge in [0.05, 0.1) is 17.6 Å². The number of fused-ring (bicyclic) bond motifs is 2. The highest BCUT2D eigenvalue weighted by Crippen LogP contribution is 2.33. The van der Waals surface area contributed by atoms with Crippen LogP contribution in [0.3, 0.4) is 0 Å². The summed E-state index contributed by atoms with van der Waals surface area (Å²) in [6, 6.07) is 6.97. The lowest BCUT2D eigenvalue weighted by molar-refractivity contribution is 0.289. The molecule has 0 atom stereocenters. The summed E-state index contributed by atoms with van der Waals surface area (Å²) >= 11 is 0. The van der Waals surface area contributed by atoms with Gasteiger partial charge in [-0.05, 0) is 74.4 Å². The Bertz CT molecular complexity index is 1580. The molecule has 1 fully saturated rings. The highest BCUT2D eigenvalue weighted by Gasteiger charge is 2.25. The lowest BCUT2D eigenvalue weighted by Gasteiger charge is -2.29. The van der Waals surface area contributed by atoms with Crippen LogP contribution in [-0.4, -0.2) is 45.0 Å². The molecule has 0 aliphatic heterocycles. The zero-order chi connectivity index (χ0) is 24.1. The van der Waals surface area contributed by atoms with Gasteiger partial charge in [0.2, 0.25) is 0 Å². The number of benzene rings is 1. The Kier molecular flexibility index (Phi) is 5.25. The fourth-order valence-electron chi connectivity index (χ4n) is 5.43. The standard InChI is InChI=1S/C25H29N9O/c1-15-9-22-21(10-20(15)17-8-16(2)24-27-13-29-33(24)12-17)30-25(35)34(22)19-6-4-18(5-7-19)26-11-23-28-14-32(3)31-23/h8-10,12-14,18-19,26H,4-7,11H2,1-3H3,(H,30,35)/t18-,19+. The number of nitrogens with one attached hydrogen (secondary N) is 2. The highest BCUT2D eigenvalue weighted by molar-refractivity contribution is 5.84. The molecule has 10 heteroatoms. The SMILES string of the molecule is Cc1cc2c(cc1-c1cc(C)c3ncnn3c1)[nH]c(=O)n2[C@H]1CC[C@@H](NCc2ncn(C)n2)CC1. The molecule has 180 valence electrons. The van der Waals surface area contributed by atoms with Crippen molar-refractivity contribution in [3.05, 3.63) is 64.5 Å². The van der Waals surface area contributed by atoms with E-state index in [1.165, 1.54) is 0 Å².